The minimum absolute atomic E-state index is 0.527. The Balaban J connectivity index is 1.31. The Kier molecular flexibility index (Phi) is 6.48. The summed E-state index contributed by atoms with van der Waals surface area (Å²) >= 11 is 3.57. The molecule has 34 heavy (non-hydrogen) atoms. The number of nitrogen functional groups attached to an aromatic ring is 1. The maximum Gasteiger partial charge on any atom is 0.172 e. The molecule has 0 bridgehead atoms. The maximum atomic E-state index is 9.01. The van der Waals surface area contributed by atoms with Gasteiger partial charge in [-0.05, 0) is 65.0 Å². The first kappa shape index (κ1) is 22.4. The molecule has 1 saturated heterocycles. The van der Waals surface area contributed by atoms with Crippen LogP contribution in [0, 0.1) is 17.2 Å². The predicted octanol–water partition coefficient (Wildman–Crippen LogP) is 4.94. The molecule has 1 atom stereocenters. The molecule has 2 aromatic heterocycles. The van der Waals surface area contributed by atoms with Gasteiger partial charge in [0.25, 0.3) is 0 Å². The monoisotopic (exact) mass is 515 g/mol. The summed E-state index contributed by atoms with van der Waals surface area (Å²) in [5.41, 5.74) is 11.4. The lowest BCUT2D eigenvalue weighted by Gasteiger charge is -2.33. The Morgan fingerprint density at radius 2 is 2.00 bits per heavy atom. The van der Waals surface area contributed by atoms with Gasteiger partial charge in [-0.1, -0.05) is 30.3 Å². The van der Waals surface area contributed by atoms with Gasteiger partial charge < -0.3 is 11.1 Å². The lowest BCUT2D eigenvalue weighted by Crippen LogP contribution is -2.37. The lowest BCUT2D eigenvalue weighted by molar-refractivity contribution is 0.173. The zero-order valence-corrected chi connectivity index (χ0v) is 20.4. The summed E-state index contributed by atoms with van der Waals surface area (Å²) in [5, 5.41) is 17.2. The van der Waals surface area contributed by atoms with Gasteiger partial charge >= 0.3 is 0 Å². The summed E-state index contributed by atoms with van der Waals surface area (Å²) in [4.78, 5) is 7.30. The average Bonchev–Trinajstić information content (AvgIpc) is 3.24. The van der Waals surface area contributed by atoms with Crippen molar-refractivity contribution in [2.75, 3.05) is 30.7 Å². The first-order chi connectivity index (χ1) is 16.6. The van der Waals surface area contributed by atoms with E-state index in [0.29, 0.717) is 17.2 Å². The molecule has 1 unspecified atom stereocenters. The van der Waals surface area contributed by atoms with Crippen LogP contribution in [0.5, 0.6) is 0 Å². The summed E-state index contributed by atoms with van der Waals surface area (Å²) in [6.45, 7) is 3.89. The van der Waals surface area contributed by atoms with Crippen molar-refractivity contribution in [3.63, 3.8) is 0 Å². The fourth-order valence-electron chi connectivity index (χ4n) is 4.58. The van der Waals surface area contributed by atoms with E-state index in [1.807, 2.05) is 47.0 Å². The summed E-state index contributed by atoms with van der Waals surface area (Å²) in [5.74, 6) is 1.43. The van der Waals surface area contributed by atoms with E-state index in [1.165, 1.54) is 18.4 Å². The average molecular weight is 516 g/mol. The Bertz CT molecular complexity index is 1340. The highest BCUT2D eigenvalue weighted by molar-refractivity contribution is 9.10. The number of para-hydroxylation sites is 1. The van der Waals surface area contributed by atoms with Crippen LogP contribution in [0.25, 0.3) is 16.9 Å². The fourth-order valence-corrected chi connectivity index (χ4v) is 4.93. The summed E-state index contributed by atoms with van der Waals surface area (Å²) in [6, 6.07) is 19.9. The highest BCUT2D eigenvalue weighted by Crippen LogP contribution is 2.29. The molecule has 0 saturated carbocycles. The minimum atomic E-state index is 0.527. The van der Waals surface area contributed by atoms with Crippen molar-refractivity contribution in [3.05, 3.63) is 76.4 Å². The van der Waals surface area contributed by atoms with E-state index in [4.69, 9.17) is 16.0 Å². The molecular formula is C26H26BrN7. The van der Waals surface area contributed by atoms with Crippen molar-refractivity contribution in [1.29, 1.82) is 5.26 Å². The van der Waals surface area contributed by atoms with Crippen LogP contribution in [0.1, 0.15) is 24.0 Å². The number of hydrogen-bond acceptors (Lipinski definition) is 6. The second-order valence-corrected chi connectivity index (χ2v) is 9.63. The maximum absolute atomic E-state index is 9.01. The van der Waals surface area contributed by atoms with Gasteiger partial charge in [0.05, 0.1) is 28.0 Å². The van der Waals surface area contributed by atoms with Crippen LogP contribution in [0.15, 0.2) is 65.3 Å². The van der Waals surface area contributed by atoms with Gasteiger partial charge in [-0.2, -0.15) is 14.9 Å². The third-order valence-electron chi connectivity index (χ3n) is 6.33. The van der Waals surface area contributed by atoms with Crippen molar-refractivity contribution in [2.24, 2.45) is 5.92 Å². The number of nitrogens with one attached hydrogen (secondary N) is 1. The summed E-state index contributed by atoms with van der Waals surface area (Å²) < 4.78 is 2.68. The molecule has 2 aromatic carbocycles. The van der Waals surface area contributed by atoms with Gasteiger partial charge in [0.2, 0.25) is 0 Å². The molecule has 172 valence electrons. The number of benzene rings is 2. The first-order valence-corrected chi connectivity index (χ1v) is 12.2. The molecule has 8 heteroatoms. The highest BCUT2D eigenvalue weighted by atomic mass is 79.9. The van der Waals surface area contributed by atoms with E-state index in [2.05, 4.69) is 49.4 Å². The molecule has 1 aliphatic heterocycles. The number of fused-ring (bicyclic) bond motifs is 1. The van der Waals surface area contributed by atoms with Crippen LogP contribution in [-0.4, -0.2) is 39.1 Å². The third-order valence-corrected chi connectivity index (χ3v) is 6.89. The van der Waals surface area contributed by atoms with Gasteiger partial charge in [0.1, 0.15) is 5.82 Å². The van der Waals surface area contributed by atoms with Crippen molar-refractivity contribution in [2.45, 2.75) is 19.4 Å². The van der Waals surface area contributed by atoms with Crippen LogP contribution in [0.4, 0.5) is 11.5 Å². The quantitative estimate of drug-likeness (QED) is 0.353. The fraction of sp³-hybridized carbons (Fsp3) is 0.269. The van der Waals surface area contributed by atoms with Crippen LogP contribution >= 0.6 is 15.9 Å². The molecule has 7 nitrogen and oxygen atoms in total. The number of rotatable bonds is 6. The number of anilines is 2. The molecular weight excluding hydrogens is 490 g/mol. The van der Waals surface area contributed by atoms with Crippen molar-refractivity contribution < 1.29 is 0 Å². The lowest BCUT2D eigenvalue weighted by atomic mass is 9.97. The number of likely N-dealkylation sites (tertiary alicyclic amines) is 1. The molecule has 1 aliphatic rings. The van der Waals surface area contributed by atoms with E-state index in [-0.39, 0.29) is 0 Å². The molecule has 3 heterocycles. The Morgan fingerprint density at radius 3 is 2.79 bits per heavy atom. The van der Waals surface area contributed by atoms with E-state index in [1.54, 1.807) is 6.20 Å². The largest absolute Gasteiger partial charge is 0.398 e. The van der Waals surface area contributed by atoms with Crippen LogP contribution in [-0.2, 0) is 6.54 Å². The summed E-state index contributed by atoms with van der Waals surface area (Å²) in [7, 11) is 0. The molecule has 3 N–H and O–H groups in total. The number of nitrogens with two attached hydrogens (primary N) is 1. The number of hydrogen-bond donors (Lipinski definition) is 2. The molecule has 1 fully saturated rings. The van der Waals surface area contributed by atoms with Gasteiger partial charge in [0.15, 0.2) is 5.65 Å². The number of nitriles is 1. The number of aromatic nitrogens is 3. The number of nitrogens with zero attached hydrogens (tertiary/aromatic N) is 5. The third kappa shape index (κ3) is 4.76. The van der Waals surface area contributed by atoms with Gasteiger partial charge in [-0.3, -0.25) is 4.90 Å². The predicted molar refractivity (Wildman–Crippen MR) is 138 cm³/mol. The second kappa shape index (κ2) is 9.84. The van der Waals surface area contributed by atoms with Crippen LogP contribution in [0.2, 0.25) is 0 Å². The summed E-state index contributed by atoms with van der Waals surface area (Å²) in [6.07, 6.45) is 4.13. The molecule has 0 radical (unpaired) electrons. The number of halogens is 1. The zero-order valence-electron chi connectivity index (χ0n) is 18.8. The highest BCUT2D eigenvalue weighted by Gasteiger charge is 2.21. The Hall–Kier alpha value is -3.41. The first-order valence-electron chi connectivity index (χ1n) is 11.4. The normalized spacial score (nSPS) is 16.4. The molecule has 0 amide bonds. The van der Waals surface area contributed by atoms with E-state index in [9.17, 15) is 0 Å². The van der Waals surface area contributed by atoms with Gasteiger partial charge in [0, 0.05) is 37.0 Å². The van der Waals surface area contributed by atoms with E-state index >= 15 is 0 Å². The van der Waals surface area contributed by atoms with Gasteiger partial charge in [-0.15, -0.1) is 0 Å². The minimum Gasteiger partial charge on any atom is -0.398 e. The molecule has 0 aliphatic carbocycles. The SMILES string of the molecule is N#Cc1ccc(CN2CCCC(CNc3cc(-c4ccccc4N)nc4c(Br)cnn34)C2)cc1. The van der Waals surface area contributed by atoms with Crippen LogP contribution < -0.4 is 11.1 Å². The topological polar surface area (TPSA) is 95.3 Å². The number of piperidine rings is 1. The van der Waals surface area contributed by atoms with E-state index in [0.717, 1.165) is 53.4 Å². The standard InChI is InChI=1S/C26H26BrN7/c27-22-15-31-34-25(12-24(32-26(22)34)21-5-1-2-6-23(21)29)30-14-20-4-3-11-33(17-20)16-19-9-7-18(13-28)8-10-19/h1-2,5-10,12,15,20,30H,3-4,11,14,16-17,29H2. The molecule has 4 aromatic rings. The molecule has 5 rings (SSSR count). The van der Waals surface area contributed by atoms with Crippen LogP contribution in [0.3, 0.4) is 0 Å². The van der Waals surface area contributed by atoms with Crippen molar-refractivity contribution >= 4 is 33.1 Å². The second-order valence-electron chi connectivity index (χ2n) is 8.77. The Morgan fingerprint density at radius 1 is 1.18 bits per heavy atom. The van der Waals surface area contributed by atoms with Crippen molar-refractivity contribution in [3.8, 4) is 17.3 Å². The zero-order chi connectivity index (χ0) is 23.5. The molecule has 0 spiro atoms. The Labute approximate surface area is 207 Å². The van der Waals surface area contributed by atoms with Crippen molar-refractivity contribution in [1.82, 2.24) is 19.5 Å². The van der Waals surface area contributed by atoms with E-state index < -0.39 is 0 Å². The smallest absolute Gasteiger partial charge is 0.172 e. The van der Waals surface area contributed by atoms with Gasteiger partial charge in [-0.25, -0.2) is 4.98 Å².